The van der Waals surface area contributed by atoms with Crippen LogP contribution in [0.2, 0.25) is 10.0 Å². The smallest absolute Gasteiger partial charge is 0.255 e. The highest BCUT2D eigenvalue weighted by Crippen LogP contribution is 2.61. The molecule has 11 rings (SSSR count). The van der Waals surface area contributed by atoms with E-state index in [1.165, 1.54) is 56.9 Å². The first-order valence-corrected chi connectivity index (χ1v) is 26.4. The maximum atomic E-state index is 13.6. The minimum Gasteiger partial charge on any atom is -0.508 e. The Morgan fingerprint density at radius 3 is 1.96 bits per heavy atom. The number of phenolic OH excluding ortho intramolecular Hbond substituents is 2. The van der Waals surface area contributed by atoms with E-state index in [0.717, 1.165) is 77.9 Å². The van der Waals surface area contributed by atoms with Crippen molar-refractivity contribution in [2.24, 2.45) is 5.92 Å². The molecule has 8 aromatic carbocycles. The molecule has 0 radical (unpaired) electrons. The third kappa shape index (κ3) is 8.83. The normalized spacial score (nSPS) is 17.1. The largest absolute Gasteiger partial charge is 0.508 e. The zero-order valence-electron chi connectivity index (χ0n) is 41.7. The van der Waals surface area contributed by atoms with Gasteiger partial charge in [0.2, 0.25) is 0 Å². The molecule has 0 atom stereocenters. The molecule has 6 nitrogen and oxygen atoms in total. The molecule has 368 valence electrons. The van der Waals surface area contributed by atoms with Gasteiger partial charge in [0.1, 0.15) is 23.0 Å². The maximum Gasteiger partial charge on any atom is 0.255 e. The second-order valence-corrected chi connectivity index (χ2v) is 21.6. The molecule has 0 spiro atoms. The van der Waals surface area contributed by atoms with Gasteiger partial charge in [0.05, 0.1) is 12.1 Å². The minimum atomic E-state index is -1.13. The van der Waals surface area contributed by atoms with Gasteiger partial charge in [0.25, 0.3) is 5.91 Å². The van der Waals surface area contributed by atoms with Crippen LogP contribution in [-0.2, 0) is 11.0 Å². The molecule has 3 aliphatic rings. The van der Waals surface area contributed by atoms with Crippen LogP contribution in [0.15, 0.2) is 152 Å². The number of amides is 1. The zero-order valence-corrected chi connectivity index (χ0v) is 43.2. The molecule has 2 aliphatic carbocycles. The molecule has 1 saturated carbocycles. The van der Waals surface area contributed by atoms with E-state index in [-0.39, 0.29) is 17.4 Å². The minimum absolute atomic E-state index is 0.136. The Labute approximate surface area is 438 Å². The van der Waals surface area contributed by atoms with Gasteiger partial charge in [-0.1, -0.05) is 149 Å². The second-order valence-electron chi connectivity index (χ2n) is 20.7. The molecule has 1 fully saturated rings. The molecule has 1 amide bonds. The van der Waals surface area contributed by atoms with Crippen LogP contribution in [0.5, 0.6) is 23.0 Å². The Morgan fingerprint density at radius 2 is 1.34 bits per heavy atom. The monoisotopic (exact) mass is 1000 g/mol. The predicted octanol–water partition coefficient (Wildman–Crippen LogP) is 17.7. The van der Waals surface area contributed by atoms with E-state index >= 15 is 0 Å². The SMILES string of the molecule is CCCCC[C@H]1CC[C@H](c2ccc(-c3ccc(C(=O)Nc4ccc(-c5cc6c(cc5OC)C(C)(C)c5c7c(c8cc(Cl)cc(Cl)c8c5-6)OC(c5ccc(O)cc5)(c5ccc(O)cc5)C=C7)cc4)cc3)cc2)CC1. The number of hydrogen-bond acceptors (Lipinski definition) is 5. The van der Waals surface area contributed by atoms with E-state index in [9.17, 15) is 15.0 Å². The number of ether oxygens (including phenoxy) is 2. The summed E-state index contributed by atoms with van der Waals surface area (Å²) in [6.45, 7) is 6.71. The van der Waals surface area contributed by atoms with Crippen molar-refractivity contribution in [2.45, 2.75) is 89.1 Å². The van der Waals surface area contributed by atoms with Crippen LogP contribution in [0.25, 0.3) is 50.2 Å². The Morgan fingerprint density at radius 1 is 0.726 bits per heavy atom. The molecule has 0 saturated heterocycles. The number of hydrogen-bond donors (Lipinski definition) is 3. The highest BCUT2D eigenvalue weighted by molar-refractivity contribution is 6.40. The van der Waals surface area contributed by atoms with Crippen LogP contribution < -0.4 is 14.8 Å². The molecule has 8 aromatic rings. The molecular weight excluding hydrogens is 946 g/mol. The average molecular weight is 1010 g/mol. The van der Waals surface area contributed by atoms with Gasteiger partial charge in [-0.25, -0.2) is 0 Å². The van der Waals surface area contributed by atoms with Gasteiger partial charge in [0, 0.05) is 54.7 Å². The zero-order chi connectivity index (χ0) is 50.6. The lowest BCUT2D eigenvalue weighted by Gasteiger charge is -2.38. The Hall–Kier alpha value is -6.99. The summed E-state index contributed by atoms with van der Waals surface area (Å²) < 4.78 is 13.5. The van der Waals surface area contributed by atoms with Crippen LogP contribution in [0.1, 0.15) is 122 Å². The van der Waals surface area contributed by atoms with Crippen LogP contribution in [0, 0.1) is 5.92 Å². The van der Waals surface area contributed by atoms with Gasteiger partial charge < -0.3 is 25.0 Å². The topological polar surface area (TPSA) is 88.0 Å². The van der Waals surface area contributed by atoms with Crippen molar-refractivity contribution in [1.29, 1.82) is 0 Å². The number of halogens is 2. The predicted molar refractivity (Wildman–Crippen MR) is 299 cm³/mol. The summed E-state index contributed by atoms with van der Waals surface area (Å²) in [5.74, 6) is 2.98. The summed E-state index contributed by atoms with van der Waals surface area (Å²) in [6, 6.07) is 46.7. The molecule has 0 unspecified atom stereocenters. The number of unbranched alkanes of at least 4 members (excludes halogenated alkanes) is 2. The molecule has 73 heavy (non-hydrogen) atoms. The van der Waals surface area contributed by atoms with Crippen molar-refractivity contribution in [3.63, 3.8) is 0 Å². The fourth-order valence-corrected chi connectivity index (χ4v) is 12.6. The lowest BCUT2D eigenvalue weighted by Crippen LogP contribution is -2.35. The van der Waals surface area contributed by atoms with Crippen molar-refractivity contribution in [3.8, 4) is 56.4 Å². The number of carbonyl (C=O) groups excluding carboxylic acids is 1. The van der Waals surface area contributed by atoms with Gasteiger partial charge in [-0.15, -0.1) is 0 Å². The van der Waals surface area contributed by atoms with Gasteiger partial charge in [-0.2, -0.15) is 0 Å². The summed E-state index contributed by atoms with van der Waals surface area (Å²) in [7, 11) is 1.69. The summed E-state index contributed by atoms with van der Waals surface area (Å²) in [6.07, 6.45) is 14.9. The van der Waals surface area contributed by atoms with Crippen LogP contribution >= 0.6 is 23.2 Å². The molecule has 3 N–H and O–H groups in total. The van der Waals surface area contributed by atoms with Gasteiger partial charge >= 0.3 is 0 Å². The summed E-state index contributed by atoms with van der Waals surface area (Å²) in [5, 5.41) is 26.2. The van der Waals surface area contributed by atoms with Crippen LogP contribution in [0.3, 0.4) is 0 Å². The molecule has 0 aromatic heterocycles. The molecule has 1 heterocycles. The fraction of sp³-hybridized carbons (Fsp3) is 0.246. The van der Waals surface area contributed by atoms with Crippen molar-refractivity contribution in [3.05, 3.63) is 201 Å². The first-order chi connectivity index (χ1) is 35.3. The lowest BCUT2D eigenvalue weighted by atomic mass is 9.76. The second kappa shape index (κ2) is 19.5. The highest BCUT2D eigenvalue weighted by Gasteiger charge is 2.45. The molecular formula is C65H59Cl2NO5. The average Bonchev–Trinajstić information content (AvgIpc) is 3.63. The maximum absolute atomic E-state index is 13.6. The number of nitrogens with one attached hydrogen (secondary N) is 1. The molecule has 0 bridgehead atoms. The number of rotatable bonds is 12. The summed E-state index contributed by atoms with van der Waals surface area (Å²) in [5.41, 5.74) is 11.7. The van der Waals surface area contributed by atoms with E-state index in [1.807, 2.05) is 84.9 Å². The molecule has 1 aliphatic heterocycles. The standard InChI is InChI=1S/C65H59Cl2NO5/c1-5-6-7-8-39-9-11-40(12-10-39)41-13-15-42(16-14-41)43-17-19-45(20-18-43)63(71)68-49-27-21-44(22-28-49)53-37-54-56(38-58(53)72-4)64(2,3)61-52-33-34-65(46-23-29-50(69)30-24-46,47-25-31-51(70)32-26-47)73-62(52)55-35-48(66)36-57(67)59(55)60(54)61/h13-40,69-70H,5-12H2,1-4H3,(H,68,71)/t39-,40-. The van der Waals surface area contributed by atoms with E-state index in [1.54, 1.807) is 37.4 Å². The van der Waals surface area contributed by atoms with E-state index in [0.29, 0.717) is 38.7 Å². The van der Waals surface area contributed by atoms with Crippen molar-refractivity contribution < 1.29 is 24.5 Å². The van der Waals surface area contributed by atoms with E-state index in [2.05, 4.69) is 68.6 Å². The summed E-state index contributed by atoms with van der Waals surface area (Å²) >= 11 is 14.2. The van der Waals surface area contributed by atoms with Crippen LogP contribution in [0.4, 0.5) is 5.69 Å². The van der Waals surface area contributed by atoms with Crippen molar-refractivity contribution >= 4 is 51.6 Å². The third-order valence-corrected chi connectivity index (χ3v) is 16.5. The number of phenols is 2. The highest BCUT2D eigenvalue weighted by atomic mass is 35.5. The lowest BCUT2D eigenvalue weighted by molar-refractivity contribution is 0.102. The third-order valence-electron chi connectivity index (χ3n) is 15.9. The number of carbonyl (C=O) groups is 1. The van der Waals surface area contributed by atoms with Crippen LogP contribution in [-0.4, -0.2) is 23.2 Å². The van der Waals surface area contributed by atoms with E-state index in [4.69, 9.17) is 32.7 Å². The van der Waals surface area contributed by atoms with Gasteiger partial charge in [-0.05, 0) is 161 Å². The van der Waals surface area contributed by atoms with E-state index < -0.39 is 11.0 Å². The Balaban J connectivity index is 0.870. The molecule has 8 heteroatoms. The van der Waals surface area contributed by atoms with Crippen molar-refractivity contribution in [1.82, 2.24) is 0 Å². The first-order valence-electron chi connectivity index (χ1n) is 25.7. The fourth-order valence-electron chi connectivity index (χ4n) is 12.0. The number of anilines is 1. The number of fused-ring (bicyclic) bond motifs is 8. The first kappa shape index (κ1) is 48.3. The number of methoxy groups -OCH3 is 1. The summed E-state index contributed by atoms with van der Waals surface area (Å²) in [4.78, 5) is 13.6. The van der Waals surface area contributed by atoms with Gasteiger partial charge in [-0.3, -0.25) is 4.79 Å². The van der Waals surface area contributed by atoms with Crippen molar-refractivity contribution in [2.75, 3.05) is 12.4 Å². The Bertz CT molecular complexity index is 3360. The Kier molecular flexibility index (Phi) is 12.9. The van der Waals surface area contributed by atoms with Gasteiger partial charge in [0.15, 0.2) is 5.60 Å². The number of benzene rings is 8. The quantitative estimate of drug-likeness (QED) is 0.106. The number of aromatic hydroxyl groups is 2.